The molecule has 4 heteroatoms. The normalized spacial score (nSPS) is 26.5. The number of benzene rings is 1. The SMILES string of the molecule is CC1CN(c2cccc(F)c2[C@H](C)O)CC(C)N1C. The first-order valence-electron chi connectivity index (χ1n) is 6.85. The van der Waals surface area contributed by atoms with Gasteiger partial charge in [-0.15, -0.1) is 0 Å². The summed E-state index contributed by atoms with van der Waals surface area (Å²) in [7, 11) is 2.12. The molecule has 106 valence electrons. The van der Waals surface area contributed by atoms with E-state index in [0.29, 0.717) is 17.6 Å². The van der Waals surface area contributed by atoms with Gasteiger partial charge in [-0.05, 0) is 40.0 Å². The van der Waals surface area contributed by atoms with Crippen LogP contribution in [0, 0.1) is 5.82 Å². The third-order valence-corrected chi connectivity index (χ3v) is 4.15. The van der Waals surface area contributed by atoms with E-state index in [0.717, 1.165) is 18.8 Å². The van der Waals surface area contributed by atoms with Crippen LogP contribution in [0.25, 0.3) is 0 Å². The first-order chi connectivity index (χ1) is 8.91. The highest BCUT2D eigenvalue weighted by atomic mass is 19.1. The number of piperazine rings is 1. The van der Waals surface area contributed by atoms with Gasteiger partial charge in [0, 0.05) is 36.4 Å². The minimum atomic E-state index is -0.790. The lowest BCUT2D eigenvalue weighted by molar-refractivity contribution is 0.167. The van der Waals surface area contributed by atoms with Crippen LogP contribution in [0.1, 0.15) is 32.4 Å². The van der Waals surface area contributed by atoms with Gasteiger partial charge in [0.05, 0.1) is 6.10 Å². The first kappa shape index (κ1) is 14.3. The van der Waals surface area contributed by atoms with Gasteiger partial charge >= 0.3 is 0 Å². The smallest absolute Gasteiger partial charge is 0.131 e. The van der Waals surface area contributed by atoms with E-state index < -0.39 is 6.10 Å². The topological polar surface area (TPSA) is 26.7 Å². The minimum Gasteiger partial charge on any atom is -0.389 e. The van der Waals surface area contributed by atoms with Crippen molar-refractivity contribution in [3.8, 4) is 0 Å². The zero-order valence-electron chi connectivity index (χ0n) is 12.1. The van der Waals surface area contributed by atoms with Crippen LogP contribution < -0.4 is 4.90 Å². The molecule has 1 aliphatic rings. The maximum Gasteiger partial charge on any atom is 0.131 e. The van der Waals surface area contributed by atoms with Crippen molar-refractivity contribution < 1.29 is 9.50 Å². The number of likely N-dealkylation sites (N-methyl/N-ethyl adjacent to an activating group) is 1. The summed E-state index contributed by atoms with van der Waals surface area (Å²) in [6, 6.07) is 5.84. The molecule has 0 bridgehead atoms. The average molecular weight is 266 g/mol. The van der Waals surface area contributed by atoms with Crippen LogP contribution in [0.5, 0.6) is 0 Å². The second-order valence-electron chi connectivity index (χ2n) is 5.62. The van der Waals surface area contributed by atoms with Crippen LogP contribution in [-0.2, 0) is 0 Å². The first-order valence-corrected chi connectivity index (χ1v) is 6.85. The number of hydrogen-bond acceptors (Lipinski definition) is 3. The molecule has 3 nitrogen and oxygen atoms in total. The van der Waals surface area contributed by atoms with Gasteiger partial charge in [-0.2, -0.15) is 0 Å². The molecule has 1 heterocycles. The van der Waals surface area contributed by atoms with E-state index in [2.05, 4.69) is 30.7 Å². The predicted molar refractivity (Wildman–Crippen MR) is 75.9 cm³/mol. The lowest BCUT2D eigenvalue weighted by atomic mass is 10.0. The summed E-state index contributed by atoms with van der Waals surface area (Å²) >= 11 is 0. The highest BCUT2D eigenvalue weighted by Crippen LogP contribution is 2.31. The second kappa shape index (κ2) is 5.47. The minimum absolute atomic E-state index is 0.327. The van der Waals surface area contributed by atoms with Crippen LogP contribution in [0.2, 0.25) is 0 Å². The van der Waals surface area contributed by atoms with E-state index >= 15 is 0 Å². The summed E-state index contributed by atoms with van der Waals surface area (Å²) in [5, 5.41) is 9.82. The summed E-state index contributed by atoms with van der Waals surface area (Å²) < 4.78 is 13.9. The zero-order valence-corrected chi connectivity index (χ0v) is 12.1. The number of anilines is 1. The van der Waals surface area contributed by atoms with E-state index in [9.17, 15) is 9.50 Å². The standard InChI is InChI=1S/C15H23FN2O/c1-10-8-18(9-11(2)17(10)4)14-7-5-6-13(16)15(14)12(3)19/h5-7,10-12,19H,8-9H2,1-4H3/t10?,11?,12-/m0/s1. The molecule has 0 aliphatic carbocycles. The molecule has 0 aromatic heterocycles. The summed E-state index contributed by atoms with van der Waals surface area (Å²) in [4.78, 5) is 4.51. The molecule has 19 heavy (non-hydrogen) atoms. The molecule has 1 N–H and O–H groups in total. The molecule has 2 rings (SSSR count). The molecule has 1 aromatic carbocycles. The van der Waals surface area contributed by atoms with Crippen molar-refractivity contribution in [1.82, 2.24) is 4.90 Å². The third-order valence-electron chi connectivity index (χ3n) is 4.15. The van der Waals surface area contributed by atoms with Crippen LogP contribution in [0.4, 0.5) is 10.1 Å². The summed E-state index contributed by atoms with van der Waals surface area (Å²) in [5.74, 6) is -0.327. The number of aliphatic hydroxyl groups is 1. The Labute approximate surface area is 114 Å². The van der Waals surface area contributed by atoms with Gasteiger partial charge in [-0.3, -0.25) is 4.90 Å². The number of halogens is 1. The average Bonchev–Trinajstić information content (AvgIpc) is 2.34. The van der Waals surface area contributed by atoms with Crippen LogP contribution in [0.3, 0.4) is 0 Å². The quantitative estimate of drug-likeness (QED) is 0.890. The van der Waals surface area contributed by atoms with Gasteiger partial charge in [0.25, 0.3) is 0 Å². The molecule has 1 aliphatic heterocycles. The predicted octanol–water partition coefficient (Wildman–Crippen LogP) is 2.41. The Hall–Kier alpha value is -1.13. The van der Waals surface area contributed by atoms with Crippen molar-refractivity contribution in [2.24, 2.45) is 0 Å². The molecular weight excluding hydrogens is 243 g/mol. The molecule has 0 saturated carbocycles. The Morgan fingerprint density at radius 2 is 1.84 bits per heavy atom. The van der Waals surface area contributed by atoms with Gasteiger partial charge in [0.1, 0.15) is 5.82 Å². The molecule has 0 radical (unpaired) electrons. The number of rotatable bonds is 2. The molecule has 3 atom stereocenters. The summed E-state index contributed by atoms with van der Waals surface area (Å²) in [6.45, 7) is 7.66. The van der Waals surface area contributed by atoms with Crippen molar-refractivity contribution in [3.05, 3.63) is 29.6 Å². The number of hydrogen-bond donors (Lipinski definition) is 1. The fourth-order valence-corrected chi connectivity index (χ4v) is 2.82. The van der Waals surface area contributed by atoms with Gasteiger partial charge in [-0.25, -0.2) is 4.39 Å². The van der Waals surface area contributed by atoms with Gasteiger partial charge in [0.15, 0.2) is 0 Å². The Kier molecular flexibility index (Phi) is 4.11. The van der Waals surface area contributed by atoms with Crippen molar-refractivity contribution in [3.63, 3.8) is 0 Å². The van der Waals surface area contributed by atoms with Crippen molar-refractivity contribution in [2.45, 2.75) is 39.0 Å². The molecule has 0 spiro atoms. The fourth-order valence-electron chi connectivity index (χ4n) is 2.82. The van der Waals surface area contributed by atoms with Crippen LogP contribution in [-0.4, -0.2) is 42.2 Å². The fraction of sp³-hybridized carbons (Fsp3) is 0.600. The van der Waals surface area contributed by atoms with Gasteiger partial charge in [0.2, 0.25) is 0 Å². The van der Waals surface area contributed by atoms with Crippen LogP contribution >= 0.6 is 0 Å². The molecule has 1 saturated heterocycles. The molecular formula is C15H23FN2O. The summed E-state index contributed by atoms with van der Waals surface area (Å²) in [6.07, 6.45) is -0.790. The van der Waals surface area contributed by atoms with Crippen LogP contribution in [0.15, 0.2) is 18.2 Å². The van der Waals surface area contributed by atoms with Crippen molar-refractivity contribution in [2.75, 3.05) is 25.0 Å². The van der Waals surface area contributed by atoms with Crippen molar-refractivity contribution >= 4 is 5.69 Å². The Balaban J connectivity index is 2.35. The van der Waals surface area contributed by atoms with Crippen molar-refractivity contribution in [1.29, 1.82) is 0 Å². The Bertz CT molecular complexity index is 438. The summed E-state index contributed by atoms with van der Waals surface area (Å²) in [5.41, 5.74) is 1.23. The van der Waals surface area contributed by atoms with E-state index in [-0.39, 0.29) is 5.82 Å². The lowest BCUT2D eigenvalue weighted by Gasteiger charge is -2.44. The monoisotopic (exact) mass is 266 g/mol. The maximum absolute atomic E-state index is 13.9. The van der Waals surface area contributed by atoms with Gasteiger partial charge in [-0.1, -0.05) is 6.07 Å². The third kappa shape index (κ3) is 2.74. The number of nitrogens with zero attached hydrogens (tertiary/aromatic N) is 2. The Morgan fingerprint density at radius 3 is 2.37 bits per heavy atom. The highest BCUT2D eigenvalue weighted by Gasteiger charge is 2.28. The molecule has 2 unspecified atom stereocenters. The Morgan fingerprint density at radius 1 is 1.26 bits per heavy atom. The lowest BCUT2D eigenvalue weighted by Crippen LogP contribution is -2.55. The van der Waals surface area contributed by atoms with E-state index in [1.165, 1.54) is 6.07 Å². The largest absolute Gasteiger partial charge is 0.389 e. The zero-order chi connectivity index (χ0) is 14.2. The van der Waals surface area contributed by atoms with Gasteiger partial charge < -0.3 is 10.0 Å². The van der Waals surface area contributed by atoms with E-state index in [4.69, 9.17) is 0 Å². The molecule has 0 amide bonds. The maximum atomic E-state index is 13.9. The highest BCUT2D eigenvalue weighted by molar-refractivity contribution is 5.55. The van der Waals surface area contributed by atoms with E-state index in [1.54, 1.807) is 13.0 Å². The molecule has 1 aromatic rings. The second-order valence-corrected chi connectivity index (χ2v) is 5.62. The molecule has 1 fully saturated rings. The number of aliphatic hydroxyl groups excluding tert-OH is 1. The van der Waals surface area contributed by atoms with E-state index in [1.807, 2.05) is 6.07 Å².